The van der Waals surface area contributed by atoms with E-state index in [2.05, 4.69) is 27.9 Å². The maximum Gasteiger partial charge on any atom is 0.274 e. The highest BCUT2D eigenvalue weighted by Gasteiger charge is 2.26. The summed E-state index contributed by atoms with van der Waals surface area (Å²) in [6.45, 7) is 9.99. The lowest BCUT2D eigenvalue weighted by molar-refractivity contribution is 0.0908. The number of aromatic nitrogens is 3. The second kappa shape index (κ2) is 9.89. The van der Waals surface area contributed by atoms with Crippen LogP contribution in [0.4, 0.5) is 0 Å². The number of carbonyl (C=O) groups excluding carboxylic acids is 1. The zero-order chi connectivity index (χ0) is 19.4. The van der Waals surface area contributed by atoms with Crippen molar-refractivity contribution < 1.29 is 9.53 Å². The summed E-state index contributed by atoms with van der Waals surface area (Å²) in [5, 5.41) is 14.9. The Labute approximate surface area is 172 Å². The molecule has 2 aromatic rings. The lowest BCUT2D eigenvalue weighted by Crippen LogP contribution is -2.48. The first-order chi connectivity index (χ1) is 13.0. The van der Waals surface area contributed by atoms with Crippen LogP contribution in [0.25, 0.3) is 5.69 Å². The summed E-state index contributed by atoms with van der Waals surface area (Å²) in [4.78, 5) is 12.8. The summed E-state index contributed by atoms with van der Waals surface area (Å²) < 4.78 is 7.42. The Hall–Kier alpha value is -2.12. The van der Waals surface area contributed by atoms with E-state index < -0.39 is 0 Å². The molecule has 154 valence electrons. The fourth-order valence-electron chi connectivity index (χ4n) is 3.41. The third kappa shape index (κ3) is 5.02. The highest BCUT2D eigenvalue weighted by molar-refractivity contribution is 5.93. The molecule has 2 heterocycles. The van der Waals surface area contributed by atoms with Crippen LogP contribution in [0.5, 0.6) is 5.75 Å². The normalized spacial score (nSPS) is 19.2. The van der Waals surface area contributed by atoms with Crippen molar-refractivity contribution >= 4 is 18.3 Å². The van der Waals surface area contributed by atoms with Crippen molar-refractivity contribution in [1.82, 2.24) is 25.6 Å². The maximum atomic E-state index is 12.8. The molecule has 1 aliphatic rings. The van der Waals surface area contributed by atoms with Gasteiger partial charge >= 0.3 is 0 Å². The second-order valence-electron chi connectivity index (χ2n) is 7.36. The van der Waals surface area contributed by atoms with Crippen LogP contribution in [0.2, 0.25) is 0 Å². The fourth-order valence-corrected chi connectivity index (χ4v) is 3.41. The number of ether oxygens (including phenoxy) is 1. The summed E-state index contributed by atoms with van der Waals surface area (Å²) in [6.07, 6.45) is 1.72. The average Bonchev–Trinajstić information content (AvgIpc) is 3.08. The predicted octanol–water partition coefficient (Wildman–Crippen LogP) is 2.77. The van der Waals surface area contributed by atoms with Crippen LogP contribution >= 0.6 is 12.4 Å². The van der Waals surface area contributed by atoms with Crippen LogP contribution in [-0.4, -0.2) is 46.1 Å². The van der Waals surface area contributed by atoms with E-state index >= 15 is 0 Å². The molecular weight excluding hydrogens is 378 g/mol. The monoisotopic (exact) mass is 407 g/mol. The molecule has 3 rings (SSSR count). The van der Waals surface area contributed by atoms with E-state index in [1.807, 2.05) is 45.0 Å². The van der Waals surface area contributed by atoms with E-state index in [4.69, 9.17) is 4.74 Å². The third-order valence-electron chi connectivity index (χ3n) is 4.87. The first-order valence-electron chi connectivity index (χ1n) is 9.72. The van der Waals surface area contributed by atoms with Crippen molar-refractivity contribution in [2.45, 2.75) is 52.7 Å². The number of carbonyl (C=O) groups is 1. The van der Waals surface area contributed by atoms with E-state index in [0.717, 1.165) is 36.6 Å². The van der Waals surface area contributed by atoms with E-state index in [0.29, 0.717) is 18.0 Å². The second-order valence-corrected chi connectivity index (χ2v) is 7.36. The minimum atomic E-state index is -0.142. The van der Waals surface area contributed by atoms with Gasteiger partial charge in [0.25, 0.3) is 5.91 Å². The summed E-state index contributed by atoms with van der Waals surface area (Å²) in [5.41, 5.74) is 2.09. The van der Waals surface area contributed by atoms with Gasteiger partial charge in [-0.2, -0.15) is 0 Å². The lowest BCUT2D eigenvalue weighted by Gasteiger charge is -2.30. The highest BCUT2D eigenvalue weighted by atomic mass is 35.5. The molecule has 1 saturated heterocycles. The van der Waals surface area contributed by atoms with Gasteiger partial charge in [0, 0.05) is 6.04 Å². The number of piperidine rings is 1. The van der Waals surface area contributed by atoms with Crippen molar-refractivity contribution in [3.05, 3.63) is 35.7 Å². The Balaban J connectivity index is 0.00000280. The van der Waals surface area contributed by atoms with Gasteiger partial charge in [-0.1, -0.05) is 19.1 Å². The van der Waals surface area contributed by atoms with E-state index in [-0.39, 0.29) is 30.5 Å². The molecule has 1 amide bonds. The molecule has 0 spiro atoms. The number of amides is 1. The summed E-state index contributed by atoms with van der Waals surface area (Å²) >= 11 is 0. The SMILES string of the molecule is CCc1c(C(=O)NC2CCNCC2C)nnn1-c1ccc(OC(C)C)cc1.Cl. The van der Waals surface area contributed by atoms with Gasteiger partial charge in [0.1, 0.15) is 5.75 Å². The summed E-state index contributed by atoms with van der Waals surface area (Å²) in [7, 11) is 0. The fraction of sp³-hybridized carbons (Fsp3) is 0.550. The molecule has 0 saturated carbocycles. The molecule has 0 bridgehead atoms. The third-order valence-corrected chi connectivity index (χ3v) is 4.87. The number of nitrogens with one attached hydrogen (secondary N) is 2. The maximum absolute atomic E-state index is 12.8. The zero-order valence-corrected chi connectivity index (χ0v) is 17.8. The number of halogens is 1. The molecule has 2 atom stereocenters. The zero-order valence-electron chi connectivity index (χ0n) is 16.9. The van der Waals surface area contributed by atoms with Gasteiger partial charge in [-0.15, -0.1) is 17.5 Å². The standard InChI is InChI=1S/C20H29N5O2.ClH/c1-5-18-19(20(26)22-17-10-11-21-12-14(17)4)23-24-25(18)15-6-8-16(9-7-15)27-13(2)3;/h6-9,13-14,17,21H,5,10-12H2,1-4H3,(H,22,26);1H. The molecule has 1 aliphatic heterocycles. The van der Waals surface area contributed by atoms with Gasteiger partial charge in [-0.05, 0) is 70.0 Å². The van der Waals surface area contributed by atoms with Gasteiger partial charge < -0.3 is 15.4 Å². The number of hydrogen-bond donors (Lipinski definition) is 2. The van der Waals surface area contributed by atoms with Crippen molar-refractivity contribution in [3.8, 4) is 11.4 Å². The summed E-state index contributed by atoms with van der Waals surface area (Å²) in [5.74, 6) is 1.07. The first-order valence-corrected chi connectivity index (χ1v) is 9.72. The largest absolute Gasteiger partial charge is 0.491 e. The van der Waals surface area contributed by atoms with Gasteiger partial charge in [0.2, 0.25) is 0 Å². The van der Waals surface area contributed by atoms with Crippen LogP contribution in [0.1, 0.15) is 50.3 Å². The van der Waals surface area contributed by atoms with E-state index in [1.54, 1.807) is 4.68 Å². The molecule has 1 aromatic heterocycles. The Kier molecular flexibility index (Phi) is 7.83. The molecule has 0 aliphatic carbocycles. The molecule has 7 nitrogen and oxygen atoms in total. The molecule has 8 heteroatoms. The minimum Gasteiger partial charge on any atom is -0.491 e. The Morgan fingerprint density at radius 1 is 1.36 bits per heavy atom. The molecule has 28 heavy (non-hydrogen) atoms. The van der Waals surface area contributed by atoms with E-state index in [1.165, 1.54) is 0 Å². The van der Waals surface area contributed by atoms with Crippen molar-refractivity contribution in [1.29, 1.82) is 0 Å². The van der Waals surface area contributed by atoms with Gasteiger partial charge in [0.15, 0.2) is 5.69 Å². The number of rotatable bonds is 6. The minimum absolute atomic E-state index is 0. The number of nitrogens with zero attached hydrogens (tertiary/aromatic N) is 3. The quantitative estimate of drug-likeness (QED) is 0.769. The highest BCUT2D eigenvalue weighted by Crippen LogP contribution is 2.19. The van der Waals surface area contributed by atoms with Gasteiger partial charge in [-0.25, -0.2) is 4.68 Å². The van der Waals surface area contributed by atoms with Crippen LogP contribution in [-0.2, 0) is 6.42 Å². The van der Waals surface area contributed by atoms with Crippen molar-refractivity contribution in [2.75, 3.05) is 13.1 Å². The summed E-state index contributed by atoms with van der Waals surface area (Å²) in [6, 6.07) is 7.85. The van der Waals surface area contributed by atoms with Crippen LogP contribution in [0.15, 0.2) is 24.3 Å². The van der Waals surface area contributed by atoms with Gasteiger partial charge in [0.05, 0.1) is 17.5 Å². The predicted molar refractivity (Wildman–Crippen MR) is 112 cm³/mol. The smallest absolute Gasteiger partial charge is 0.274 e. The van der Waals surface area contributed by atoms with Crippen LogP contribution in [0, 0.1) is 5.92 Å². The lowest BCUT2D eigenvalue weighted by atomic mass is 9.95. The molecule has 2 N–H and O–H groups in total. The van der Waals surface area contributed by atoms with Crippen LogP contribution in [0.3, 0.4) is 0 Å². The molecule has 1 fully saturated rings. The first kappa shape index (κ1) is 22.2. The Morgan fingerprint density at radius 3 is 2.68 bits per heavy atom. The average molecular weight is 408 g/mol. The molecule has 1 aromatic carbocycles. The number of hydrogen-bond acceptors (Lipinski definition) is 5. The Bertz CT molecular complexity index is 775. The van der Waals surface area contributed by atoms with Crippen LogP contribution < -0.4 is 15.4 Å². The van der Waals surface area contributed by atoms with Crippen molar-refractivity contribution in [3.63, 3.8) is 0 Å². The molecule has 0 radical (unpaired) electrons. The number of benzene rings is 1. The van der Waals surface area contributed by atoms with E-state index in [9.17, 15) is 4.79 Å². The van der Waals surface area contributed by atoms with Crippen molar-refractivity contribution in [2.24, 2.45) is 5.92 Å². The molecular formula is C20H30ClN5O2. The van der Waals surface area contributed by atoms with Gasteiger partial charge in [-0.3, -0.25) is 4.79 Å². The molecule has 2 unspecified atom stereocenters. The topological polar surface area (TPSA) is 81.1 Å². The Morgan fingerprint density at radius 2 is 2.07 bits per heavy atom.